The molecule has 0 unspecified atom stereocenters. The van der Waals surface area contributed by atoms with Gasteiger partial charge in [-0.3, -0.25) is 9.69 Å². The third-order valence-corrected chi connectivity index (χ3v) is 6.74. The Labute approximate surface area is 162 Å². The number of fused-ring (bicyclic) bond motifs is 1. The number of nitrogens with zero attached hydrogens (tertiary/aromatic N) is 1. The number of carbonyl (C=O) groups excluding carboxylic acids is 1. The number of rotatable bonds is 5. The van der Waals surface area contributed by atoms with Crippen LogP contribution in [0.4, 0.5) is 0 Å². The van der Waals surface area contributed by atoms with Gasteiger partial charge >= 0.3 is 0 Å². The lowest BCUT2D eigenvalue weighted by Crippen LogP contribution is -2.50. The van der Waals surface area contributed by atoms with Gasteiger partial charge in [-0.25, -0.2) is 0 Å². The summed E-state index contributed by atoms with van der Waals surface area (Å²) in [7, 11) is 0. The summed E-state index contributed by atoms with van der Waals surface area (Å²) >= 11 is 0. The molecule has 0 aromatic heterocycles. The molecule has 5 heteroatoms. The van der Waals surface area contributed by atoms with Crippen molar-refractivity contribution in [3.05, 3.63) is 35.9 Å². The summed E-state index contributed by atoms with van der Waals surface area (Å²) < 4.78 is 5.88. The van der Waals surface area contributed by atoms with Crippen molar-refractivity contribution in [2.75, 3.05) is 26.3 Å². The molecule has 3 fully saturated rings. The topological polar surface area (TPSA) is 61.8 Å². The molecule has 2 N–H and O–H groups in total. The zero-order chi connectivity index (χ0) is 18.7. The Bertz CT molecular complexity index is 630. The Morgan fingerprint density at radius 1 is 1.19 bits per heavy atom. The van der Waals surface area contributed by atoms with Gasteiger partial charge in [0.05, 0.1) is 18.1 Å². The van der Waals surface area contributed by atoms with Gasteiger partial charge in [-0.15, -0.1) is 0 Å². The molecule has 3 aliphatic rings. The maximum absolute atomic E-state index is 13.5. The fraction of sp³-hybridized carbons (Fsp3) is 0.682. The van der Waals surface area contributed by atoms with Gasteiger partial charge in [0, 0.05) is 31.8 Å². The van der Waals surface area contributed by atoms with Gasteiger partial charge in [0.15, 0.2) is 0 Å². The van der Waals surface area contributed by atoms with Crippen molar-refractivity contribution in [3.63, 3.8) is 0 Å². The summed E-state index contributed by atoms with van der Waals surface area (Å²) in [6, 6.07) is 11.0. The van der Waals surface area contributed by atoms with Gasteiger partial charge in [-0.05, 0) is 31.2 Å². The number of nitrogens with one attached hydrogen (secondary N) is 1. The van der Waals surface area contributed by atoms with E-state index in [-0.39, 0.29) is 30.1 Å². The average molecular weight is 373 g/mol. The molecule has 148 valence electrons. The van der Waals surface area contributed by atoms with Crippen LogP contribution in [0, 0.1) is 0 Å². The first-order valence-corrected chi connectivity index (χ1v) is 10.5. The number of benzene rings is 1. The molecule has 3 atom stereocenters. The molecule has 1 aliphatic carbocycles. The van der Waals surface area contributed by atoms with Crippen LogP contribution < -0.4 is 5.32 Å². The largest absolute Gasteiger partial charge is 0.396 e. The number of morpholine rings is 1. The van der Waals surface area contributed by atoms with Crippen molar-refractivity contribution in [2.24, 2.45) is 0 Å². The van der Waals surface area contributed by atoms with Gasteiger partial charge in [0.25, 0.3) is 0 Å². The molecule has 2 saturated heterocycles. The minimum atomic E-state index is -0.363. The molecule has 0 bridgehead atoms. The zero-order valence-electron chi connectivity index (χ0n) is 16.1. The van der Waals surface area contributed by atoms with Crippen molar-refractivity contribution < 1.29 is 14.6 Å². The highest BCUT2D eigenvalue weighted by Crippen LogP contribution is 2.40. The SMILES string of the molecule is O=C(N[C@@H]1C[C@H]2CO[C@@H](CCO)CN2C1)C1(c2ccccc2)CCCCC1. The van der Waals surface area contributed by atoms with E-state index in [1.54, 1.807) is 0 Å². The lowest BCUT2D eigenvalue weighted by molar-refractivity contribution is -0.128. The molecular weight excluding hydrogens is 340 g/mol. The molecule has 1 amide bonds. The second-order valence-electron chi connectivity index (χ2n) is 8.49. The maximum Gasteiger partial charge on any atom is 0.230 e. The van der Waals surface area contributed by atoms with E-state index < -0.39 is 0 Å². The highest BCUT2D eigenvalue weighted by Gasteiger charge is 2.44. The van der Waals surface area contributed by atoms with Crippen LogP contribution in [0.25, 0.3) is 0 Å². The van der Waals surface area contributed by atoms with E-state index in [0.717, 1.165) is 45.2 Å². The maximum atomic E-state index is 13.5. The molecule has 0 spiro atoms. The van der Waals surface area contributed by atoms with Crippen molar-refractivity contribution in [1.82, 2.24) is 10.2 Å². The van der Waals surface area contributed by atoms with E-state index in [0.29, 0.717) is 19.1 Å². The Hall–Kier alpha value is -1.43. The fourth-order valence-electron chi connectivity index (χ4n) is 5.25. The normalized spacial score (nSPS) is 30.6. The third-order valence-electron chi connectivity index (χ3n) is 6.74. The molecule has 4 rings (SSSR count). The molecule has 5 nitrogen and oxygen atoms in total. The van der Waals surface area contributed by atoms with Crippen molar-refractivity contribution in [2.45, 2.75) is 68.5 Å². The third kappa shape index (κ3) is 3.91. The number of hydrogen-bond donors (Lipinski definition) is 2. The van der Waals surface area contributed by atoms with E-state index in [2.05, 4.69) is 22.3 Å². The Morgan fingerprint density at radius 2 is 1.96 bits per heavy atom. The first kappa shape index (κ1) is 18.9. The standard InChI is InChI=1S/C22H32N2O3/c25-12-9-20-15-24-14-18(13-19(24)16-27-20)23-21(26)22(10-5-2-6-11-22)17-7-3-1-4-8-17/h1,3-4,7-8,18-20,25H,2,5-6,9-16H2,(H,23,26)/t18-,19+,20+/m1/s1. The van der Waals surface area contributed by atoms with Crippen LogP contribution in [-0.2, 0) is 14.9 Å². The van der Waals surface area contributed by atoms with Crippen LogP contribution in [0.3, 0.4) is 0 Å². The summed E-state index contributed by atoms with van der Waals surface area (Å²) in [6.07, 6.45) is 7.14. The summed E-state index contributed by atoms with van der Waals surface area (Å²) in [6.45, 7) is 2.64. The van der Waals surface area contributed by atoms with E-state index in [1.807, 2.05) is 18.2 Å². The molecule has 0 radical (unpaired) electrons. The van der Waals surface area contributed by atoms with Crippen molar-refractivity contribution in [1.29, 1.82) is 0 Å². The minimum Gasteiger partial charge on any atom is -0.396 e. The summed E-state index contributed by atoms with van der Waals surface area (Å²) in [4.78, 5) is 15.9. The van der Waals surface area contributed by atoms with Crippen molar-refractivity contribution >= 4 is 5.91 Å². The lowest BCUT2D eigenvalue weighted by Gasteiger charge is -2.37. The predicted octanol–water partition coefficient (Wildman–Crippen LogP) is 2.23. The Balaban J connectivity index is 1.43. The van der Waals surface area contributed by atoms with Crippen LogP contribution in [0.2, 0.25) is 0 Å². The van der Waals surface area contributed by atoms with Crippen LogP contribution in [0.1, 0.15) is 50.5 Å². The first-order chi connectivity index (χ1) is 13.2. The summed E-state index contributed by atoms with van der Waals surface area (Å²) in [5.74, 6) is 0.214. The first-order valence-electron chi connectivity index (χ1n) is 10.5. The second kappa shape index (κ2) is 8.29. The Morgan fingerprint density at radius 3 is 2.70 bits per heavy atom. The molecular formula is C22H32N2O3. The number of ether oxygens (including phenoxy) is 1. The molecule has 2 aliphatic heterocycles. The highest BCUT2D eigenvalue weighted by molar-refractivity contribution is 5.88. The number of amides is 1. The number of carbonyl (C=O) groups is 1. The quantitative estimate of drug-likeness (QED) is 0.832. The van der Waals surface area contributed by atoms with Gasteiger partial charge in [0.1, 0.15) is 0 Å². The number of aliphatic hydroxyl groups is 1. The van der Waals surface area contributed by atoms with Gasteiger partial charge in [-0.1, -0.05) is 49.6 Å². The average Bonchev–Trinajstić information content (AvgIpc) is 3.11. The van der Waals surface area contributed by atoms with E-state index in [4.69, 9.17) is 9.84 Å². The zero-order valence-corrected chi connectivity index (χ0v) is 16.1. The van der Waals surface area contributed by atoms with Crippen LogP contribution in [0.5, 0.6) is 0 Å². The van der Waals surface area contributed by atoms with Crippen LogP contribution in [-0.4, -0.2) is 60.4 Å². The smallest absolute Gasteiger partial charge is 0.230 e. The molecule has 1 saturated carbocycles. The van der Waals surface area contributed by atoms with Gasteiger partial charge in [0.2, 0.25) is 5.91 Å². The van der Waals surface area contributed by atoms with Gasteiger partial charge < -0.3 is 15.2 Å². The minimum absolute atomic E-state index is 0.120. The van der Waals surface area contributed by atoms with Crippen LogP contribution in [0.15, 0.2) is 30.3 Å². The molecule has 1 aromatic carbocycles. The van der Waals surface area contributed by atoms with Crippen LogP contribution >= 0.6 is 0 Å². The fourth-order valence-corrected chi connectivity index (χ4v) is 5.25. The molecule has 2 heterocycles. The molecule has 1 aromatic rings. The van der Waals surface area contributed by atoms with E-state index in [9.17, 15) is 4.79 Å². The summed E-state index contributed by atoms with van der Waals surface area (Å²) in [5, 5.41) is 12.6. The highest BCUT2D eigenvalue weighted by atomic mass is 16.5. The second-order valence-corrected chi connectivity index (χ2v) is 8.49. The van der Waals surface area contributed by atoms with Crippen molar-refractivity contribution in [3.8, 4) is 0 Å². The lowest BCUT2D eigenvalue weighted by atomic mass is 9.68. The molecule has 27 heavy (non-hydrogen) atoms. The van der Waals surface area contributed by atoms with E-state index in [1.165, 1.54) is 12.0 Å². The predicted molar refractivity (Wildman–Crippen MR) is 105 cm³/mol. The van der Waals surface area contributed by atoms with Gasteiger partial charge in [-0.2, -0.15) is 0 Å². The number of aliphatic hydroxyl groups excluding tert-OH is 1. The van der Waals surface area contributed by atoms with E-state index >= 15 is 0 Å². The monoisotopic (exact) mass is 372 g/mol. The summed E-state index contributed by atoms with van der Waals surface area (Å²) in [5.41, 5.74) is 0.808. The number of hydrogen-bond acceptors (Lipinski definition) is 4. The Kier molecular flexibility index (Phi) is 5.81.